The van der Waals surface area contributed by atoms with Crippen LogP contribution in [0.4, 0.5) is 5.69 Å². The van der Waals surface area contributed by atoms with Crippen LogP contribution in [0.2, 0.25) is 5.02 Å². The molecule has 4 N–H and O–H groups in total. The standard InChI is InChI=1S/C15H15ClN2O3/c1-17-15(21)11-7-10(5-6-12(11)16)18-8-9-3-2-4-13(19)14(9)20/h2-7,18-20H,8H2,1H3,(H,17,21). The van der Waals surface area contributed by atoms with E-state index in [1.165, 1.54) is 13.1 Å². The Hall–Kier alpha value is -2.40. The van der Waals surface area contributed by atoms with Gasteiger partial charge in [-0.1, -0.05) is 23.7 Å². The number of hydrogen-bond donors (Lipinski definition) is 4. The Bertz CT molecular complexity index is 674. The minimum absolute atomic E-state index is 0.162. The molecule has 0 saturated carbocycles. The molecule has 1 amide bonds. The van der Waals surface area contributed by atoms with E-state index in [9.17, 15) is 15.0 Å². The molecule has 0 aromatic heterocycles. The van der Waals surface area contributed by atoms with E-state index in [0.29, 0.717) is 28.4 Å². The second-order valence-electron chi connectivity index (χ2n) is 4.41. The summed E-state index contributed by atoms with van der Waals surface area (Å²) in [6, 6.07) is 9.72. The van der Waals surface area contributed by atoms with Gasteiger partial charge in [-0.3, -0.25) is 4.79 Å². The van der Waals surface area contributed by atoms with Crippen molar-refractivity contribution in [3.05, 3.63) is 52.5 Å². The molecule has 2 rings (SSSR count). The normalized spacial score (nSPS) is 10.2. The van der Waals surface area contributed by atoms with Gasteiger partial charge in [-0.25, -0.2) is 0 Å². The average molecular weight is 307 g/mol. The molecule has 2 aromatic carbocycles. The van der Waals surface area contributed by atoms with Gasteiger partial charge in [0.2, 0.25) is 0 Å². The molecule has 110 valence electrons. The lowest BCUT2D eigenvalue weighted by molar-refractivity contribution is 0.0963. The van der Waals surface area contributed by atoms with Crippen LogP contribution >= 0.6 is 11.6 Å². The minimum Gasteiger partial charge on any atom is -0.504 e. The van der Waals surface area contributed by atoms with Crippen molar-refractivity contribution in [2.75, 3.05) is 12.4 Å². The number of hydrogen-bond acceptors (Lipinski definition) is 4. The summed E-state index contributed by atoms with van der Waals surface area (Å²) in [4.78, 5) is 11.7. The molecule has 0 aliphatic rings. The van der Waals surface area contributed by atoms with Crippen LogP contribution in [0.15, 0.2) is 36.4 Å². The molecule has 5 nitrogen and oxygen atoms in total. The predicted molar refractivity (Wildman–Crippen MR) is 81.9 cm³/mol. The topological polar surface area (TPSA) is 81.6 Å². The number of aromatic hydroxyl groups is 2. The monoisotopic (exact) mass is 306 g/mol. The van der Waals surface area contributed by atoms with E-state index in [1.807, 2.05) is 0 Å². The third kappa shape index (κ3) is 3.38. The number of phenolic OH excluding ortho intramolecular Hbond substituents is 2. The van der Waals surface area contributed by atoms with E-state index in [1.54, 1.807) is 30.3 Å². The molecule has 0 radical (unpaired) electrons. The van der Waals surface area contributed by atoms with Crippen molar-refractivity contribution >= 4 is 23.2 Å². The lowest BCUT2D eigenvalue weighted by Gasteiger charge is -2.11. The molecule has 0 unspecified atom stereocenters. The van der Waals surface area contributed by atoms with E-state index < -0.39 is 0 Å². The largest absolute Gasteiger partial charge is 0.504 e. The van der Waals surface area contributed by atoms with Gasteiger partial charge in [0.05, 0.1) is 10.6 Å². The van der Waals surface area contributed by atoms with Crippen molar-refractivity contribution in [2.45, 2.75) is 6.54 Å². The number of carbonyl (C=O) groups is 1. The summed E-state index contributed by atoms with van der Waals surface area (Å²) < 4.78 is 0. The number of amides is 1. The van der Waals surface area contributed by atoms with Crippen molar-refractivity contribution in [2.24, 2.45) is 0 Å². The van der Waals surface area contributed by atoms with Crippen LogP contribution in [0.1, 0.15) is 15.9 Å². The maximum atomic E-state index is 11.7. The number of phenols is 2. The summed E-state index contributed by atoms with van der Waals surface area (Å²) >= 11 is 5.97. The molecule has 0 bridgehead atoms. The Labute approximate surface area is 127 Å². The smallest absolute Gasteiger partial charge is 0.252 e. The molecule has 0 aliphatic carbocycles. The quantitative estimate of drug-likeness (QED) is 0.655. The van der Waals surface area contributed by atoms with Crippen molar-refractivity contribution in [3.63, 3.8) is 0 Å². The summed E-state index contributed by atoms with van der Waals surface area (Å²) in [5.41, 5.74) is 1.59. The van der Waals surface area contributed by atoms with Crippen LogP contribution in [0.25, 0.3) is 0 Å². The summed E-state index contributed by atoms with van der Waals surface area (Å²) in [5.74, 6) is -0.606. The van der Waals surface area contributed by atoms with E-state index in [2.05, 4.69) is 10.6 Å². The third-order valence-electron chi connectivity index (χ3n) is 3.02. The zero-order valence-electron chi connectivity index (χ0n) is 11.4. The van der Waals surface area contributed by atoms with Gasteiger partial charge in [0.1, 0.15) is 0 Å². The number of para-hydroxylation sites is 1. The molecule has 21 heavy (non-hydrogen) atoms. The first-order chi connectivity index (χ1) is 10.0. The Morgan fingerprint density at radius 1 is 1.24 bits per heavy atom. The molecule has 0 atom stereocenters. The number of halogens is 1. The number of benzene rings is 2. The van der Waals surface area contributed by atoms with Gasteiger partial charge < -0.3 is 20.8 Å². The second kappa shape index (κ2) is 6.37. The lowest BCUT2D eigenvalue weighted by atomic mass is 10.1. The summed E-state index contributed by atoms with van der Waals surface area (Å²) in [5, 5.41) is 25.1. The molecule has 6 heteroatoms. The van der Waals surface area contributed by atoms with Crippen LogP contribution in [0.5, 0.6) is 11.5 Å². The highest BCUT2D eigenvalue weighted by atomic mass is 35.5. The SMILES string of the molecule is CNC(=O)c1cc(NCc2cccc(O)c2O)ccc1Cl. The fraction of sp³-hybridized carbons (Fsp3) is 0.133. The minimum atomic E-state index is -0.274. The van der Waals surface area contributed by atoms with E-state index in [-0.39, 0.29) is 17.4 Å². The maximum absolute atomic E-state index is 11.7. The summed E-state index contributed by atoms with van der Waals surface area (Å²) in [6.45, 7) is 0.301. The molecular formula is C15H15ClN2O3. The zero-order chi connectivity index (χ0) is 15.4. The number of carbonyl (C=O) groups excluding carboxylic acids is 1. The highest BCUT2D eigenvalue weighted by Gasteiger charge is 2.10. The number of nitrogens with one attached hydrogen (secondary N) is 2. The van der Waals surface area contributed by atoms with Gasteiger partial charge in [-0.05, 0) is 24.3 Å². The van der Waals surface area contributed by atoms with Gasteiger partial charge in [0, 0.05) is 24.8 Å². The van der Waals surface area contributed by atoms with Gasteiger partial charge in [-0.2, -0.15) is 0 Å². The first-order valence-electron chi connectivity index (χ1n) is 6.28. The van der Waals surface area contributed by atoms with Crippen molar-refractivity contribution in [3.8, 4) is 11.5 Å². The molecular weight excluding hydrogens is 292 g/mol. The van der Waals surface area contributed by atoms with Gasteiger partial charge >= 0.3 is 0 Å². The van der Waals surface area contributed by atoms with Gasteiger partial charge in [-0.15, -0.1) is 0 Å². The third-order valence-corrected chi connectivity index (χ3v) is 3.35. The number of rotatable bonds is 4. The molecule has 0 fully saturated rings. The average Bonchev–Trinajstić information content (AvgIpc) is 2.49. The van der Waals surface area contributed by atoms with Crippen LogP contribution in [-0.4, -0.2) is 23.2 Å². The van der Waals surface area contributed by atoms with Crippen LogP contribution in [0.3, 0.4) is 0 Å². The molecule has 0 spiro atoms. The summed E-state index contributed by atoms with van der Waals surface area (Å²) in [6.07, 6.45) is 0. The van der Waals surface area contributed by atoms with Crippen molar-refractivity contribution < 1.29 is 15.0 Å². The zero-order valence-corrected chi connectivity index (χ0v) is 12.1. The van der Waals surface area contributed by atoms with E-state index in [0.717, 1.165) is 0 Å². The molecule has 0 heterocycles. The Kier molecular flexibility index (Phi) is 4.55. The van der Waals surface area contributed by atoms with Gasteiger partial charge in [0.25, 0.3) is 5.91 Å². The summed E-state index contributed by atoms with van der Waals surface area (Å²) in [7, 11) is 1.53. The lowest BCUT2D eigenvalue weighted by Crippen LogP contribution is -2.18. The van der Waals surface area contributed by atoms with Gasteiger partial charge in [0.15, 0.2) is 11.5 Å². The van der Waals surface area contributed by atoms with Crippen molar-refractivity contribution in [1.82, 2.24) is 5.32 Å². The second-order valence-corrected chi connectivity index (χ2v) is 4.82. The van der Waals surface area contributed by atoms with Crippen LogP contribution in [0, 0.1) is 0 Å². The molecule has 2 aromatic rings. The van der Waals surface area contributed by atoms with E-state index in [4.69, 9.17) is 11.6 Å². The van der Waals surface area contributed by atoms with Crippen LogP contribution in [-0.2, 0) is 6.54 Å². The first kappa shape index (κ1) is 15.0. The fourth-order valence-corrected chi connectivity index (χ4v) is 2.06. The number of anilines is 1. The van der Waals surface area contributed by atoms with Crippen LogP contribution < -0.4 is 10.6 Å². The van der Waals surface area contributed by atoms with E-state index >= 15 is 0 Å². The van der Waals surface area contributed by atoms with Crippen molar-refractivity contribution in [1.29, 1.82) is 0 Å². The fourth-order valence-electron chi connectivity index (χ4n) is 1.86. The Balaban J connectivity index is 2.17. The maximum Gasteiger partial charge on any atom is 0.252 e. The highest BCUT2D eigenvalue weighted by Crippen LogP contribution is 2.29. The Morgan fingerprint density at radius 2 is 2.00 bits per heavy atom. The first-order valence-corrected chi connectivity index (χ1v) is 6.66. The predicted octanol–water partition coefficient (Wildman–Crippen LogP) is 2.72. The molecule has 0 aliphatic heterocycles. The molecule has 0 saturated heterocycles. The highest BCUT2D eigenvalue weighted by molar-refractivity contribution is 6.34. The Morgan fingerprint density at radius 3 is 2.71 bits per heavy atom.